The summed E-state index contributed by atoms with van der Waals surface area (Å²) in [5.41, 5.74) is 4.31. The number of aryl methyl sites for hydroxylation is 2. The van der Waals surface area contributed by atoms with Crippen LogP contribution in [0.5, 0.6) is 0 Å². The van der Waals surface area contributed by atoms with Crippen LogP contribution in [-0.4, -0.2) is 0 Å². The van der Waals surface area contributed by atoms with E-state index in [9.17, 15) is 0 Å². The summed E-state index contributed by atoms with van der Waals surface area (Å²) in [6.07, 6.45) is 3.93. The van der Waals surface area contributed by atoms with E-state index in [0.29, 0.717) is 0 Å². The third-order valence-corrected chi connectivity index (χ3v) is 3.73. The molecule has 0 aromatic carbocycles. The van der Waals surface area contributed by atoms with Crippen LogP contribution in [0.2, 0.25) is 0 Å². The number of hydrogen-bond donors (Lipinski definition) is 0. The van der Waals surface area contributed by atoms with Gasteiger partial charge < -0.3 is 0 Å². The zero-order valence-corrected chi connectivity index (χ0v) is 8.55. The van der Waals surface area contributed by atoms with Crippen molar-refractivity contribution in [1.29, 1.82) is 0 Å². The van der Waals surface area contributed by atoms with Gasteiger partial charge in [-0.3, -0.25) is 0 Å². The molecule has 12 heavy (non-hydrogen) atoms. The fourth-order valence-corrected chi connectivity index (χ4v) is 3.44. The van der Waals surface area contributed by atoms with Gasteiger partial charge in [0.05, 0.1) is 0 Å². The lowest BCUT2D eigenvalue weighted by Gasteiger charge is -2.01. The third kappa shape index (κ3) is 1.04. The highest BCUT2D eigenvalue weighted by Gasteiger charge is 2.19. The van der Waals surface area contributed by atoms with Crippen molar-refractivity contribution < 1.29 is 0 Å². The second-order valence-electron chi connectivity index (χ2n) is 3.57. The van der Waals surface area contributed by atoms with E-state index in [4.69, 9.17) is 0 Å². The second kappa shape index (κ2) is 2.74. The summed E-state index contributed by atoms with van der Waals surface area (Å²) in [7, 11) is 0. The van der Waals surface area contributed by atoms with Gasteiger partial charge in [0.2, 0.25) is 0 Å². The predicted molar refractivity (Wildman–Crippen MR) is 55.8 cm³/mol. The Balaban J connectivity index is 2.59. The zero-order valence-electron chi connectivity index (χ0n) is 7.74. The van der Waals surface area contributed by atoms with E-state index >= 15 is 0 Å². The van der Waals surface area contributed by atoms with Crippen LogP contribution in [0, 0.1) is 6.92 Å². The van der Waals surface area contributed by atoms with E-state index in [1.807, 2.05) is 11.3 Å². The van der Waals surface area contributed by atoms with Crippen LogP contribution in [-0.2, 0) is 12.8 Å². The molecule has 0 N–H and O–H groups in total. The summed E-state index contributed by atoms with van der Waals surface area (Å²) in [5, 5.41) is 0. The molecule has 2 rings (SSSR count). The highest BCUT2D eigenvalue weighted by atomic mass is 32.1. The van der Waals surface area contributed by atoms with Gasteiger partial charge in [0.15, 0.2) is 0 Å². The van der Waals surface area contributed by atoms with Crippen LogP contribution >= 0.6 is 11.3 Å². The molecule has 1 aromatic heterocycles. The molecule has 0 amide bonds. The van der Waals surface area contributed by atoms with Crippen molar-refractivity contribution in [2.75, 3.05) is 0 Å². The van der Waals surface area contributed by atoms with E-state index in [0.717, 1.165) is 0 Å². The standard InChI is InChI=1S/C11H14S/c1-7(2)11-8(3)12-10-6-4-5-9(10)11/h1,4-6H2,2-3H3. The first-order chi connectivity index (χ1) is 5.70. The molecule has 64 valence electrons. The molecule has 0 saturated carbocycles. The van der Waals surface area contributed by atoms with Gasteiger partial charge in [-0.2, -0.15) is 0 Å². The molecule has 0 nitrogen and oxygen atoms in total. The highest BCUT2D eigenvalue weighted by molar-refractivity contribution is 7.12. The van der Waals surface area contributed by atoms with Crippen molar-refractivity contribution in [3.8, 4) is 0 Å². The first-order valence-electron chi connectivity index (χ1n) is 4.47. The average Bonchev–Trinajstić information content (AvgIpc) is 2.44. The van der Waals surface area contributed by atoms with E-state index in [2.05, 4.69) is 20.4 Å². The van der Waals surface area contributed by atoms with Gasteiger partial charge in [-0.25, -0.2) is 0 Å². The van der Waals surface area contributed by atoms with Crippen LogP contribution < -0.4 is 0 Å². The molecule has 0 fully saturated rings. The van der Waals surface area contributed by atoms with Crippen molar-refractivity contribution >= 4 is 16.9 Å². The Morgan fingerprint density at radius 3 is 2.83 bits per heavy atom. The molecule has 0 aliphatic heterocycles. The molecule has 0 spiro atoms. The summed E-state index contributed by atoms with van der Waals surface area (Å²) in [4.78, 5) is 3.08. The summed E-state index contributed by atoms with van der Waals surface area (Å²) >= 11 is 1.97. The minimum atomic E-state index is 1.24. The first kappa shape index (κ1) is 8.06. The molecule has 1 heterocycles. The topological polar surface area (TPSA) is 0 Å². The largest absolute Gasteiger partial charge is 0.145 e. The molecule has 1 heteroatoms. The lowest BCUT2D eigenvalue weighted by molar-refractivity contribution is 0.913. The number of fused-ring (bicyclic) bond motifs is 1. The molecule has 0 bridgehead atoms. The third-order valence-electron chi connectivity index (χ3n) is 2.52. The molecule has 0 radical (unpaired) electrons. The van der Waals surface area contributed by atoms with Gasteiger partial charge >= 0.3 is 0 Å². The maximum atomic E-state index is 4.04. The second-order valence-corrected chi connectivity index (χ2v) is 4.88. The van der Waals surface area contributed by atoms with Crippen LogP contribution in [0.25, 0.3) is 5.57 Å². The Labute approximate surface area is 77.9 Å². The Morgan fingerprint density at radius 1 is 1.42 bits per heavy atom. The fraction of sp³-hybridized carbons (Fsp3) is 0.455. The van der Waals surface area contributed by atoms with E-state index in [1.165, 1.54) is 35.3 Å². The maximum absolute atomic E-state index is 4.04. The van der Waals surface area contributed by atoms with E-state index in [1.54, 1.807) is 10.4 Å². The van der Waals surface area contributed by atoms with Crippen LogP contribution in [0.3, 0.4) is 0 Å². The van der Waals surface area contributed by atoms with Crippen molar-refractivity contribution in [3.05, 3.63) is 27.5 Å². The summed E-state index contributed by atoms with van der Waals surface area (Å²) in [6.45, 7) is 8.38. The number of allylic oxidation sites excluding steroid dienone is 1. The predicted octanol–water partition coefficient (Wildman–Crippen LogP) is 3.58. The Bertz CT molecular complexity index is 331. The van der Waals surface area contributed by atoms with Gasteiger partial charge in [-0.15, -0.1) is 11.3 Å². The molecule has 0 saturated heterocycles. The molecule has 1 aliphatic carbocycles. The quantitative estimate of drug-likeness (QED) is 0.616. The van der Waals surface area contributed by atoms with Gasteiger partial charge in [0.25, 0.3) is 0 Å². The highest BCUT2D eigenvalue weighted by Crippen LogP contribution is 2.37. The van der Waals surface area contributed by atoms with E-state index < -0.39 is 0 Å². The Morgan fingerprint density at radius 2 is 2.17 bits per heavy atom. The zero-order chi connectivity index (χ0) is 8.72. The molecule has 0 unspecified atom stereocenters. The Kier molecular flexibility index (Phi) is 1.84. The summed E-state index contributed by atoms with van der Waals surface area (Å²) in [5.74, 6) is 0. The SMILES string of the molecule is C=C(C)c1c(C)sc2c1CCC2. The van der Waals surface area contributed by atoms with Crippen molar-refractivity contribution in [2.45, 2.75) is 33.1 Å². The normalized spacial score (nSPS) is 14.8. The molecule has 0 atom stereocenters. The minimum Gasteiger partial charge on any atom is -0.145 e. The van der Waals surface area contributed by atoms with Crippen LogP contribution in [0.15, 0.2) is 6.58 Å². The van der Waals surface area contributed by atoms with Crippen LogP contribution in [0.1, 0.15) is 34.2 Å². The van der Waals surface area contributed by atoms with Crippen molar-refractivity contribution in [3.63, 3.8) is 0 Å². The minimum absolute atomic E-state index is 1.24. The fourth-order valence-electron chi connectivity index (χ4n) is 2.10. The average molecular weight is 178 g/mol. The smallest absolute Gasteiger partial charge is 0.00948 e. The Hall–Kier alpha value is -0.560. The van der Waals surface area contributed by atoms with Gasteiger partial charge in [0.1, 0.15) is 0 Å². The maximum Gasteiger partial charge on any atom is 0.00948 e. The lowest BCUT2D eigenvalue weighted by Crippen LogP contribution is -1.84. The lowest BCUT2D eigenvalue weighted by atomic mass is 10.0. The van der Waals surface area contributed by atoms with Gasteiger partial charge in [-0.1, -0.05) is 6.58 Å². The first-order valence-corrected chi connectivity index (χ1v) is 5.29. The monoisotopic (exact) mass is 178 g/mol. The van der Waals surface area contributed by atoms with Gasteiger partial charge in [0, 0.05) is 9.75 Å². The summed E-state index contributed by atoms with van der Waals surface area (Å²) < 4.78 is 0. The molecular weight excluding hydrogens is 164 g/mol. The van der Waals surface area contributed by atoms with Crippen molar-refractivity contribution in [1.82, 2.24) is 0 Å². The number of rotatable bonds is 1. The number of hydrogen-bond acceptors (Lipinski definition) is 1. The number of thiophene rings is 1. The molecule has 1 aromatic rings. The van der Waals surface area contributed by atoms with Gasteiger partial charge in [-0.05, 0) is 49.8 Å². The molecule has 1 aliphatic rings. The summed E-state index contributed by atoms with van der Waals surface area (Å²) in [6, 6.07) is 0. The van der Waals surface area contributed by atoms with Crippen molar-refractivity contribution in [2.24, 2.45) is 0 Å². The van der Waals surface area contributed by atoms with Crippen LogP contribution in [0.4, 0.5) is 0 Å². The molecular formula is C11H14S. The van der Waals surface area contributed by atoms with E-state index in [-0.39, 0.29) is 0 Å².